The molecule has 3 aromatic heterocycles. The van der Waals surface area contributed by atoms with Crippen LogP contribution >= 0.6 is 0 Å². The number of anilines is 1. The number of nitrogens with zero attached hydrogens (tertiary/aromatic N) is 5. The van der Waals surface area contributed by atoms with Crippen LogP contribution in [-0.2, 0) is 25.9 Å². The van der Waals surface area contributed by atoms with Gasteiger partial charge < -0.3 is 9.88 Å². The summed E-state index contributed by atoms with van der Waals surface area (Å²) in [6.07, 6.45) is -6.77. The highest BCUT2D eigenvalue weighted by atomic mass is 19.4. The number of aromatic nitrogens is 6. The monoisotopic (exact) mass is 559 g/mol. The molecule has 3 heterocycles. The summed E-state index contributed by atoms with van der Waals surface area (Å²) in [4.78, 5) is 27.9. The molecule has 16 heteroatoms. The lowest BCUT2D eigenvalue weighted by atomic mass is 10.1. The Morgan fingerprint density at radius 1 is 1.10 bits per heavy atom. The Kier molecular flexibility index (Phi) is 7.23. The number of aromatic amines is 1. The first-order valence-electron chi connectivity index (χ1n) is 11.4. The van der Waals surface area contributed by atoms with Gasteiger partial charge in [-0.2, -0.15) is 36.5 Å². The molecule has 0 saturated carbocycles. The summed E-state index contributed by atoms with van der Waals surface area (Å²) in [6, 6.07) is 3.03. The molecule has 0 aliphatic rings. The zero-order valence-electron chi connectivity index (χ0n) is 20.3. The SMILES string of the molecule is C[C@@H](CCCn1ccc2cc(-c3nc(C(F)(F)F)n(C)n3)c(F)cc2c1=O)Nc1cn[nH]c(=O)c1C(F)(F)F. The molecule has 4 rings (SSSR count). The van der Waals surface area contributed by atoms with Gasteiger partial charge in [0.25, 0.3) is 11.1 Å². The molecule has 0 bridgehead atoms. The van der Waals surface area contributed by atoms with Crippen LogP contribution in [0, 0.1) is 5.82 Å². The third kappa shape index (κ3) is 5.78. The van der Waals surface area contributed by atoms with Gasteiger partial charge in [0.05, 0.1) is 22.8 Å². The summed E-state index contributed by atoms with van der Waals surface area (Å²) >= 11 is 0. The van der Waals surface area contributed by atoms with Crippen LogP contribution in [-0.4, -0.2) is 35.6 Å². The van der Waals surface area contributed by atoms with Crippen LogP contribution in [0.5, 0.6) is 0 Å². The smallest absolute Gasteiger partial charge is 0.381 e. The van der Waals surface area contributed by atoms with Gasteiger partial charge >= 0.3 is 12.4 Å². The van der Waals surface area contributed by atoms with Gasteiger partial charge in [0.15, 0.2) is 5.82 Å². The molecule has 2 N–H and O–H groups in total. The van der Waals surface area contributed by atoms with E-state index in [0.717, 1.165) is 19.3 Å². The molecule has 0 spiro atoms. The molecule has 0 fully saturated rings. The van der Waals surface area contributed by atoms with Crippen molar-refractivity contribution in [3.63, 3.8) is 0 Å². The van der Waals surface area contributed by atoms with Gasteiger partial charge in [-0.1, -0.05) is 0 Å². The second-order valence-electron chi connectivity index (χ2n) is 8.79. The van der Waals surface area contributed by atoms with Crippen LogP contribution in [0.25, 0.3) is 22.2 Å². The molecular formula is C23H20F7N7O2. The maximum atomic E-state index is 14.8. The Balaban J connectivity index is 1.49. The number of benzene rings is 1. The predicted molar refractivity (Wildman–Crippen MR) is 125 cm³/mol. The molecule has 0 aliphatic heterocycles. The van der Waals surface area contributed by atoms with Gasteiger partial charge in [0.2, 0.25) is 5.82 Å². The number of hydrogen-bond acceptors (Lipinski definition) is 6. The van der Waals surface area contributed by atoms with Crippen molar-refractivity contribution in [2.24, 2.45) is 7.05 Å². The Hall–Kier alpha value is -4.24. The average Bonchev–Trinajstić information content (AvgIpc) is 3.21. The van der Waals surface area contributed by atoms with Crippen molar-refractivity contribution in [1.82, 2.24) is 29.5 Å². The molecule has 9 nitrogen and oxygen atoms in total. The standard InChI is InChI=1S/C23H20F7N7O2/c1-11(32-16-10-31-34-19(38)17(16)22(25,26)27)4-3-6-37-7-5-12-8-14(15(24)9-13(12)20(37)39)18-33-21(23(28,29)30)36(2)35-18/h5,7-11H,3-4,6H2,1-2H3,(H2,32,34,38)/t11-/m0/s1. The van der Waals surface area contributed by atoms with E-state index in [2.05, 4.69) is 20.5 Å². The van der Waals surface area contributed by atoms with Crippen molar-refractivity contribution in [3.8, 4) is 11.4 Å². The second-order valence-corrected chi connectivity index (χ2v) is 8.79. The Bertz CT molecular complexity index is 1640. The lowest BCUT2D eigenvalue weighted by Gasteiger charge is -2.18. The number of fused-ring (bicyclic) bond motifs is 1. The number of H-pyrrole nitrogens is 1. The van der Waals surface area contributed by atoms with E-state index in [1.165, 1.54) is 22.9 Å². The van der Waals surface area contributed by atoms with Gasteiger partial charge in [0.1, 0.15) is 11.4 Å². The van der Waals surface area contributed by atoms with Crippen LogP contribution in [0.4, 0.5) is 36.4 Å². The van der Waals surface area contributed by atoms with E-state index >= 15 is 0 Å². The van der Waals surface area contributed by atoms with Gasteiger partial charge in [-0.3, -0.25) is 9.59 Å². The largest absolute Gasteiger partial charge is 0.451 e. The maximum absolute atomic E-state index is 14.8. The molecule has 0 amide bonds. The fourth-order valence-corrected chi connectivity index (χ4v) is 4.09. The van der Waals surface area contributed by atoms with Crippen LogP contribution in [0.15, 0.2) is 40.2 Å². The molecule has 208 valence electrons. The Labute approximate surface area is 214 Å². The number of hydrogen-bond donors (Lipinski definition) is 2. The van der Waals surface area contributed by atoms with Crippen molar-refractivity contribution < 1.29 is 30.7 Å². The van der Waals surface area contributed by atoms with Crippen LogP contribution in [0.1, 0.15) is 31.2 Å². The van der Waals surface area contributed by atoms with E-state index in [4.69, 9.17) is 0 Å². The van der Waals surface area contributed by atoms with Crippen LogP contribution in [0.2, 0.25) is 0 Å². The molecular weight excluding hydrogens is 539 g/mol. The van der Waals surface area contributed by atoms with Gasteiger partial charge in [-0.15, -0.1) is 0 Å². The highest BCUT2D eigenvalue weighted by molar-refractivity contribution is 5.86. The van der Waals surface area contributed by atoms with E-state index in [9.17, 15) is 40.3 Å². The molecule has 1 atom stereocenters. The fraction of sp³-hybridized carbons (Fsp3) is 0.348. The molecule has 0 saturated heterocycles. The number of pyridine rings is 1. The van der Waals surface area contributed by atoms with Crippen molar-refractivity contribution in [2.45, 2.75) is 44.7 Å². The zero-order chi connectivity index (χ0) is 28.7. The number of halogens is 7. The normalized spacial score (nSPS) is 13.2. The van der Waals surface area contributed by atoms with Crippen molar-refractivity contribution in [1.29, 1.82) is 0 Å². The second kappa shape index (κ2) is 10.1. The lowest BCUT2D eigenvalue weighted by molar-refractivity contribution is -0.147. The quantitative estimate of drug-likeness (QED) is 0.326. The fourth-order valence-electron chi connectivity index (χ4n) is 4.09. The summed E-state index contributed by atoms with van der Waals surface area (Å²) in [6.45, 7) is 1.73. The third-order valence-electron chi connectivity index (χ3n) is 5.90. The Morgan fingerprint density at radius 3 is 2.46 bits per heavy atom. The molecule has 4 aromatic rings. The number of nitrogens with one attached hydrogen (secondary N) is 2. The van der Waals surface area contributed by atoms with Crippen molar-refractivity contribution in [2.75, 3.05) is 5.32 Å². The molecule has 1 aromatic carbocycles. The van der Waals surface area contributed by atoms with E-state index in [1.54, 1.807) is 12.0 Å². The first kappa shape index (κ1) is 27.8. The molecule has 0 aliphatic carbocycles. The minimum absolute atomic E-state index is 0.0266. The summed E-state index contributed by atoms with van der Waals surface area (Å²) < 4.78 is 95.4. The van der Waals surface area contributed by atoms with E-state index < -0.39 is 58.2 Å². The summed E-state index contributed by atoms with van der Waals surface area (Å²) in [5, 5.41) is 11.6. The molecule has 0 radical (unpaired) electrons. The van der Waals surface area contributed by atoms with Gasteiger partial charge in [0, 0.05) is 25.8 Å². The van der Waals surface area contributed by atoms with E-state index in [-0.39, 0.29) is 22.9 Å². The molecule has 0 unspecified atom stereocenters. The lowest BCUT2D eigenvalue weighted by Crippen LogP contribution is -2.27. The molecule has 39 heavy (non-hydrogen) atoms. The average molecular weight is 559 g/mol. The first-order valence-corrected chi connectivity index (χ1v) is 11.4. The summed E-state index contributed by atoms with van der Waals surface area (Å²) in [5.41, 5.74) is -4.12. The maximum Gasteiger partial charge on any atom is 0.451 e. The minimum atomic E-state index is -4.89. The van der Waals surface area contributed by atoms with Gasteiger partial charge in [-0.05, 0) is 43.4 Å². The highest BCUT2D eigenvalue weighted by Crippen LogP contribution is 2.32. The topological polar surface area (TPSA) is 110 Å². The third-order valence-corrected chi connectivity index (χ3v) is 5.90. The van der Waals surface area contributed by atoms with Crippen molar-refractivity contribution >= 4 is 16.5 Å². The van der Waals surface area contributed by atoms with Crippen LogP contribution in [0.3, 0.4) is 0 Å². The summed E-state index contributed by atoms with van der Waals surface area (Å²) in [5.74, 6) is -2.78. The first-order chi connectivity index (χ1) is 18.2. The van der Waals surface area contributed by atoms with Crippen molar-refractivity contribution in [3.05, 3.63) is 68.5 Å². The summed E-state index contributed by atoms with van der Waals surface area (Å²) in [7, 11) is 1.03. The van der Waals surface area contributed by atoms with E-state index in [0.29, 0.717) is 17.5 Å². The van der Waals surface area contributed by atoms with E-state index in [1.807, 2.05) is 0 Å². The highest BCUT2D eigenvalue weighted by Gasteiger charge is 2.38. The minimum Gasteiger partial charge on any atom is -0.381 e. The predicted octanol–water partition coefficient (Wildman–Crippen LogP) is 4.34. The zero-order valence-corrected chi connectivity index (χ0v) is 20.3. The number of aryl methyl sites for hydroxylation is 2. The Morgan fingerprint density at radius 2 is 1.82 bits per heavy atom. The number of rotatable bonds is 7. The van der Waals surface area contributed by atoms with Crippen LogP contribution < -0.4 is 16.4 Å². The van der Waals surface area contributed by atoms with Gasteiger partial charge in [-0.25, -0.2) is 19.2 Å². The number of alkyl halides is 6.